The fourth-order valence-electron chi connectivity index (χ4n) is 2.94. The maximum absolute atomic E-state index is 13.5. The minimum Gasteiger partial charge on any atom is -0.475 e. The lowest BCUT2D eigenvalue weighted by Gasteiger charge is -2.30. The molecular weight excluding hydrogens is 341 g/mol. The van der Waals surface area contributed by atoms with E-state index in [9.17, 15) is 13.2 Å². The Kier molecular flexibility index (Phi) is 3.72. The summed E-state index contributed by atoms with van der Waals surface area (Å²) >= 11 is 0. The average molecular weight is 356 g/mol. The first kappa shape index (κ1) is 16.6. The number of rotatable bonds is 1. The average Bonchev–Trinajstić information content (AvgIpc) is 2.77. The Labute approximate surface area is 148 Å². The number of hydrogen-bond acceptors (Lipinski definition) is 3. The lowest BCUT2D eigenvalue weighted by Crippen LogP contribution is -2.50. The zero-order valence-corrected chi connectivity index (χ0v) is 13.9. The lowest BCUT2D eigenvalue weighted by molar-refractivity contribution is -0.237. The molecule has 26 heavy (non-hydrogen) atoms. The second-order valence-electron chi connectivity index (χ2n) is 6.41. The van der Waals surface area contributed by atoms with E-state index in [0.29, 0.717) is 16.8 Å². The third-order valence-corrected chi connectivity index (χ3v) is 4.48. The summed E-state index contributed by atoms with van der Waals surface area (Å²) in [5.74, 6) is 0.164. The number of fused-ring (bicyclic) bond motifs is 2. The van der Waals surface area contributed by atoms with Gasteiger partial charge in [-0.3, -0.25) is 9.98 Å². The van der Waals surface area contributed by atoms with Gasteiger partial charge < -0.3 is 4.74 Å². The molecule has 1 aliphatic rings. The SMILES string of the molecule is CC1(C(F)(F)F)CN=C(c2cnc3ccccc3c2)c2ccccc2O1. The molecule has 132 valence electrons. The Hall–Kier alpha value is -2.89. The first-order valence-electron chi connectivity index (χ1n) is 8.12. The predicted octanol–water partition coefficient (Wildman–Crippen LogP) is 4.79. The molecule has 1 aromatic heterocycles. The molecule has 6 heteroatoms. The van der Waals surface area contributed by atoms with Gasteiger partial charge >= 0.3 is 6.18 Å². The number of ether oxygens (including phenoxy) is 1. The monoisotopic (exact) mass is 356 g/mol. The highest BCUT2D eigenvalue weighted by Gasteiger charge is 2.54. The first-order valence-corrected chi connectivity index (χ1v) is 8.12. The van der Waals surface area contributed by atoms with Gasteiger partial charge in [0.15, 0.2) is 0 Å². The van der Waals surface area contributed by atoms with Crippen LogP contribution in [0.25, 0.3) is 10.9 Å². The molecule has 0 fully saturated rings. The van der Waals surface area contributed by atoms with Crippen molar-refractivity contribution in [2.45, 2.75) is 18.7 Å². The molecule has 0 spiro atoms. The first-order chi connectivity index (χ1) is 12.4. The number of hydrogen-bond donors (Lipinski definition) is 0. The number of alkyl halides is 3. The summed E-state index contributed by atoms with van der Waals surface area (Å²) in [4.78, 5) is 8.69. The van der Waals surface area contributed by atoms with Crippen LogP contribution in [0.4, 0.5) is 13.2 Å². The Balaban J connectivity index is 1.89. The van der Waals surface area contributed by atoms with Crippen molar-refractivity contribution in [1.82, 2.24) is 4.98 Å². The molecule has 3 aromatic rings. The fourth-order valence-corrected chi connectivity index (χ4v) is 2.94. The van der Waals surface area contributed by atoms with E-state index in [0.717, 1.165) is 17.8 Å². The van der Waals surface area contributed by atoms with E-state index >= 15 is 0 Å². The summed E-state index contributed by atoms with van der Waals surface area (Å²) in [6.07, 6.45) is -2.91. The lowest BCUT2D eigenvalue weighted by atomic mass is 10.0. The summed E-state index contributed by atoms with van der Waals surface area (Å²) < 4.78 is 46.0. The number of para-hydroxylation sites is 2. The molecule has 1 unspecified atom stereocenters. The van der Waals surface area contributed by atoms with Crippen LogP contribution in [0.1, 0.15) is 18.1 Å². The molecule has 0 saturated carbocycles. The molecule has 0 bridgehead atoms. The van der Waals surface area contributed by atoms with Crippen molar-refractivity contribution in [3.05, 3.63) is 71.9 Å². The topological polar surface area (TPSA) is 34.5 Å². The van der Waals surface area contributed by atoms with E-state index < -0.39 is 18.3 Å². The van der Waals surface area contributed by atoms with Gasteiger partial charge in [-0.25, -0.2) is 0 Å². The largest absolute Gasteiger partial charge is 0.475 e. The van der Waals surface area contributed by atoms with Crippen LogP contribution in [-0.2, 0) is 0 Å². The highest BCUT2D eigenvalue weighted by Crippen LogP contribution is 2.38. The number of halogens is 3. The maximum Gasteiger partial charge on any atom is 0.429 e. The molecule has 0 aliphatic carbocycles. The van der Waals surface area contributed by atoms with Gasteiger partial charge in [0.2, 0.25) is 5.60 Å². The van der Waals surface area contributed by atoms with Crippen LogP contribution in [0.5, 0.6) is 5.75 Å². The van der Waals surface area contributed by atoms with Gasteiger partial charge in [0.25, 0.3) is 0 Å². The zero-order chi connectivity index (χ0) is 18.4. The highest BCUT2D eigenvalue weighted by molar-refractivity contribution is 6.15. The van der Waals surface area contributed by atoms with Gasteiger partial charge in [-0.2, -0.15) is 13.2 Å². The van der Waals surface area contributed by atoms with Crippen LogP contribution in [0.2, 0.25) is 0 Å². The number of aliphatic imine (C=N–C) groups is 1. The molecule has 3 nitrogen and oxygen atoms in total. The maximum atomic E-state index is 13.5. The van der Waals surface area contributed by atoms with Crippen LogP contribution in [-0.4, -0.2) is 29.0 Å². The van der Waals surface area contributed by atoms with E-state index in [1.807, 2.05) is 30.3 Å². The van der Waals surface area contributed by atoms with Crippen LogP contribution in [0.15, 0.2) is 65.8 Å². The van der Waals surface area contributed by atoms with Crippen LogP contribution in [0, 0.1) is 0 Å². The van der Waals surface area contributed by atoms with Crippen LogP contribution >= 0.6 is 0 Å². The highest BCUT2D eigenvalue weighted by atomic mass is 19.4. The van der Waals surface area contributed by atoms with Crippen molar-refractivity contribution in [1.29, 1.82) is 0 Å². The number of aromatic nitrogens is 1. The van der Waals surface area contributed by atoms with Crippen molar-refractivity contribution in [3.63, 3.8) is 0 Å². The van der Waals surface area contributed by atoms with E-state index in [2.05, 4.69) is 9.98 Å². The number of benzene rings is 2. The molecule has 2 heterocycles. The molecule has 4 rings (SSSR count). The summed E-state index contributed by atoms with van der Waals surface area (Å²) in [7, 11) is 0. The number of pyridine rings is 1. The second kappa shape index (κ2) is 5.83. The fraction of sp³-hybridized carbons (Fsp3) is 0.200. The van der Waals surface area contributed by atoms with Gasteiger partial charge in [0.1, 0.15) is 5.75 Å². The van der Waals surface area contributed by atoms with Gasteiger partial charge in [-0.05, 0) is 31.2 Å². The molecule has 0 amide bonds. The Bertz CT molecular complexity index is 1010. The molecule has 1 aliphatic heterocycles. The molecule has 0 radical (unpaired) electrons. The zero-order valence-electron chi connectivity index (χ0n) is 13.9. The third-order valence-electron chi connectivity index (χ3n) is 4.48. The van der Waals surface area contributed by atoms with E-state index in [-0.39, 0.29) is 5.75 Å². The second-order valence-corrected chi connectivity index (χ2v) is 6.41. The molecule has 0 N–H and O–H groups in total. The summed E-state index contributed by atoms with van der Waals surface area (Å²) in [5, 5.41) is 0.897. The Morgan fingerprint density at radius 1 is 1.04 bits per heavy atom. The third kappa shape index (κ3) is 2.71. The summed E-state index contributed by atoms with van der Waals surface area (Å²) in [6, 6.07) is 16.1. The normalized spacial score (nSPS) is 20.1. The Morgan fingerprint density at radius 2 is 1.77 bits per heavy atom. The minimum atomic E-state index is -4.54. The van der Waals surface area contributed by atoms with Crippen molar-refractivity contribution >= 4 is 16.6 Å². The van der Waals surface area contributed by atoms with Gasteiger partial charge in [-0.15, -0.1) is 0 Å². The standard InChI is InChI=1S/C20H15F3N2O/c1-19(20(21,22)23)12-25-18(15-7-3-5-9-17(15)26-19)14-10-13-6-2-4-8-16(13)24-11-14/h2-11H,12H2,1H3. The molecule has 0 saturated heterocycles. The molecule has 1 atom stereocenters. The van der Waals surface area contributed by atoms with Crippen molar-refractivity contribution in [3.8, 4) is 5.75 Å². The van der Waals surface area contributed by atoms with Crippen LogP contribution < -0.4 is 4.74 Å². The van der Waals surface area contributed by atoms with E-state index in [1.54, 1.807) is 24.4 Å². The predicted molar refractivity (Wildman–Crippen MR) is 93.8 cm³/mol. The number of nitrogens with zero attached hydrogens (tertiary/aromatic N) is 2. The van der Waals surface area contributed by atoms with Crippen molar-refractivity contribution in [2.24, 2.45) is 4.99 Å². The summed E-state index contributed by atoms with van der Waals surface area (Å²) in [5.41, 5.74) is 0.0699. The van der Waals surface area contributed by atoms with Crippen molar-refractivity contribution in [2.75, 3.05) is 6.54 Å². The smallest absolute Gasteiger partial charge is 0.429 e. The molecular formula is C20H15F3N2O. The van der Waals surface area contributed by atoms with Crippen LogP contribution in [0.3, 0.4) is 0 Å². The van der Waals surface area contributed by atoms with Gasteiger partial charge in [0, 0.05) is 22.7 Å². The van der Waals surface area contributed by atoms with Crippen molar-refractivity contribution < 1.29 is 17.9 Å². The molecule has 2 aromatic carbocycles. The summed E-state index contributed by atoms with van der Waals surface area (Å²) in [6.45, 7) is 0.502. The van der Waals surface area contributed by atoms with E-state index in [1.165, 1.54) is 6.07 Å². The minimum absolute atomic E-state index is 0.164. The van der Waals surface area contributed by atoms with Gasteiger partial charge in [-0.1, -0.05) is 30.3 Å². The van der Waals surface area contributed by atoms with Gasteiger partial charge in [0.05, 0.1) is 17.8 Å². The Morgan fingerprint density at radius 3 is 2.58 bits per heavy atom. The quantitative estimate of drug-likeness (QED) is 0.629. The van der Waals surface area contributed by atoms with E-state index in [4.69, 9.17) is 4.74 Å².